The Labute approximate surface area is 127 Å². The number of amides is 1. The summed E-state index contributed by atoms with van der Waals surface area (Å²) in [5.74, 6) is 0.00705. The zero-order chi connectivity index (χ0) is 14.5. The van der Waals surface area contributed by atoms with Crippen molar-refractivity contribution in [1.82, 2.24) is 14.9 Å². The summed E-state index contributed by atoms with van der Waals surface area (Å²) in [5.41, 5.74) is 1.20. The normalized spacial score (nSPS) is 13.8. The number of halogens is 1. The van der Waals surface area contributed by atoms with Crippen LogP contribution in [0.5, 0.6) is 0 Å². The molecular weight excluding hydrogens is 318 g/mol. The van der Waals surface area contributed by atoms with Crippen molar-refractivity contribution in [1.29, 1.82) is 0 Å². The van der Waals surface area contributed by atoms with E-state index >= 15 is 0 Å². The Hall–Kier alpha value is -1.62. The second-order valence-corrected chi connectivity index (χ2v) is 5.84. The molecule has 0 bridgehead atoms. The largest absolute Gasteiger partial charge is 0.352 e. The first-order valence-electron chi connectivity index (χ1n) is 6.58. The standard InChI is InChI=1S/C15H18BrN3O/c1-11(9-13-3-5-14(16)6-4-13)18-15(20)12(2)19-8-7-17-10-19/h3-8,10-12H,9H2,1-2H3,(H,18,20). The van der Waals surface area contributed by atoms with E-state index in [9.17, 15) is 4.79 Å². The third-order valence-electron chi connectivity index (χ3n) is 3.20. The summed E-state index contributed by atoms with van der Waals surface area (Å²) < 4.78 is 2.86. The lowest BCUT2D eigenvalue weighted by molar-refractivity contribution is -0.124. The van der Waals surface area contributed by atoms with Crippen molar-refractivity contribution in [2.24, 2.45) is 0 Å². The van der Waals surface area contributed by atoms with Gasteiger partial charge >= 0.3 is 0 Å². The molecule has 0 fully saturated rings. The highest BCUT2D eigenvalue weighted by molar-refractivity contribution is 9.10. The number of aromatic nitrogens is 2. The molecule has 4 nitrogen and oxygen atoms in total. The second-order valence-electron chi connectivity index (χ2n) is 4.93. The lowest BCUT2D eigenvalue weighted by atomic mass is 10.1. The number of rotatable bonds is 5. The fraction of sp³-hybridized carbons (Fsp3) is 0.333. The summed E-state index contributed by atoms with van der Waals surface area (Å²) in [6, 6.07) is 7.99. The zero-order valence-corrected chi connectivity index (χ0v) is 13.2. The maximum atomic E-state index is 12.1. The second kappa shape index (κ2) is 6.70. The van der Waals surface area contributed by atoms with Crippen LogP contribution in [0.15, 0.2) is 47.5 Å². The number of hydrogen-bond donors (Lipinski definition) is 1. The van der Waals surface area contributed by atoms with Crippen molar-refractivity contribution >= 4 is 21.8 Å². The van der Waals surface area contributed by atoms with Gasteiger partial charge in [-0.25, -0.2) is 4.98 Å². The number of carbonyl (C=O) groups is 1. The number of benzene rings is 1. The van der Waals surface area contributed by atoms with E-state index in [0.29, 0.717) is 0 Å². The van der Waals surface area contributed by atoms with Crippen LogP contribution in [-0.4, -0.2) is 21.5 Å². The molecule has 0 aliphatic carbocycles. The summed E-state index contributed by atoms with van der Waals surface area (Å²) in [5, 5.41) is 3.03. The minimum Gasteiger partial charge on any atom is -0.352 e. The molecule has 2 aromatic rings. The van der Waals surface area contributed by atoms with E-state index in [2.05, 4.69) is 38.4 Å². The predicted molar refractivity (Wildman–Crippen MR) is 82.4 cm³/mol. The van der Waals surface area contributed by atoms with Gasteiger partial charge in [0.1, 0.15) is 6.04 Å². The average molecular weight is 336 g/mol. The first kappa shape index (κ1) is 14.8. The maximum Gasteiger partial charge on any atom is 0.243 e. The monoisotopic (exact) mass is 335 g/mol. The highest BCUT2D eigenvalue weighted by Crippen LogP contribution is 2.12. The van der Waals surface area contributed by atoms with E-state index in [4.69, 9.17) is 0 Å². The van der Waals surface area contributed by atoms with Crippen molar-refractivity contribution < 1.29 is 4.79 Å². The molecule has 0 saturated carbocycles. The van der Waals surface area contributed by atoms with Crippen LogP contribution in [0.25, 0.3) is 0 Å². The fourth-order valence-electron chi connectivity index (χ4n) is 2.02. The number of nitrogens with one attached hydrogen (secondary N) is 1. The Morgan fingerprint density at radius 3 is 2.65 bits per heavy atom. The lowest BCUT2D eigenvalue weighted by Crippen LogP contribution is -2.38. The molecule has 0 saturated heterocycles. The summed E-state index contributed by atoms with van der Waals surface area (Å²) in [6.45, 7) is 3.88. The van der Waals surface area contributed by atoms with E-state index < -0.39 is 0 Å². The van der Waals surface area contributed by atoms with Crippen LogP contribution in [-0.2, 0) is 11.2 Å². The summed E-state index contributed by atoms with van der Waals surface area (Å²) in [7, 11) is 0. The predicted octanol–water partition coefficient (Wildman–Crippen LogP) is 2.95. The Bertz CT molecular complexity index is 551. The Morgan fingerprint density at radius 2 is 2.05 bits per heavy atom. The van der Waals surface area contributed by atoms with E-state index in [1.807, 2.05) is 26.0 Å². The number of imidazole rings is 1. The van der Waals surface area contributed by atoms with Crippen LogP contribution < -0.4 is 5.32 Å². The Morgan fingerprint density at radius 1 is 1.35 bits per heavy atom. The molecule has 1 N–H and O–H groups in total. The van der Waals surface area contributed by atoms with Gasteiger partial charge in [0.15, 0.2) is 0 Å². The van der Waals surface area contributed by atoms with E-state index in [0.717, 1.165) is 10.9 Å². The van der Waals surface area contributed by atoms with E-state index in [-0.39, 0.29) is 18.0 Å². The molecule has 2 unspecified atom stereocenters. The summed E-state index contributed by atoms with van der Waals surface area (Å²) >= 11 is 3.41. The minimum atomic E-state index is -0.245. The van der Waals surface area contributed by atoms with Gasteiger partial charge in [0.2, 0.25) is 5.91 Å². The molecule has 0 aliphatic heterocycles. The van der Waals surface area contributed by atoms with Crippen LogP contribution >= 0.6 is 15.9 Å². The van der Waals surface area contributed by atoms with Gasteiger partial charge < -0.3 is 9.88 Å². The smallest absolute Gasteiger partial charge is 0.243 e. The highest BCUT2D eigenvalue weighted by atomic mass is 79.9. The van der Waals surface area contributed by atoms with Gasteiger partial charge in [0.05, 0.1) is 6.33 Å². The molecule has 0 aliphatic rings. The van der Waals surface area contributed by atoms with Crippen LogP contribution in [0.1, 0.15) is 25.5 Å². The SMILES string of the molecule is CC(Cc1ccc(Br)cc1)NC(=O)C(C)n1ccnc1. The fourth-order valence-corrected chi connectivity index (χ4v) is 2.29. The molecule has 1 aromatic carbocycles. The first-order chi connectivity index (χ1) is 9.56. The highest BCUT2D eigenvalue weighted by Gasteiger charge is 2.16. The van der Waals surface area contributed by atoms with Crippen LogP contribution in [0.3, 0.4) is 0 Å². The Kier molecular flexibility index (Phi) is 4.95. The Balaban J connectivity index is 1.89. The van der Waals surface area contributed by atoms with Gasteiger partial charge in [0, 0.05) is 22.9 Å². The zero-order valence-electron chi connectivity index (χ0n) is 11.6. The molecule has 5 heteroatoms. The van der Waals surface area contributed by atoms with Gasteiger partial charge in [-0.05, 0) is 38.0 Å². The molecular formula is C15H18BrN3O. The molecule has 0 spiro atoms. The van der Waals surface area contributed by atoms with Gasteiger partial charge in [-0.1, -0.05) is 28.1 Å². The molecule has 20 heavy (non-hydrogen) atoms. The number of hydrogen-bond acceptors (Lipinski definition) is 2. The van der Waals surface area contributed by atoms with Gasteiger partial charge in [0.25, 0.3) is 0 Å². The maximum absolute atomic E-state index is 12.1. The van der Waals surface area contributed by atoms with Crippen LogP contribution in [0.2, 0.25) is 0 Å². The van der Waals surface area contributed by atoms with Crippen molar-refractivity contribution in [2.45, 2.75) is 32.4 Å². The van der Waals surface area contributed by atoms with E-state index in [1.165, 1.54) is 5.56 Å². The summed E-state index contributed by atoms with van der Waals surface area (Å²) in [4.78, 5) is 16.1. The molecule has 1 amide bonds. The van der Waals surface area contributed by atoms with Crippen molar-refractivity contribution in [3.05, 3.63) is 53.0 Å². The van der Waals surface area contributed by atoms with Crippen molar-refractivity contribution in [2.75, 3.05) is 0 Å². The van der Waals surface area contributed by atoms with Crippen molar-refractivity contribution in [3.63, 3.8) is 0 Å². The molecule has 1 heterocycles. The van der Waals surface area contributed by atoms with E-state index in [1.54, 1.807) is 23.3 Å². The van der Waals surface area contributed by atoms with Crippen LogP contribution in [0, 0.1) is 0 Å². The summed E-state index contributed by atoms with van der Waals surface area (Å²) in [6.07, 6.45) is 5.94. The molecule has 0 radical (unpaired) electrons. The van der Waals surface area contributed by atoms with Gasteiger partial charge in [-0.3, -0.25) is 4.79 Å². The van der Waals surface area contributed by atoms with Crippen molar-refractivity contribution in [3.8, 4) is 0 Å². The van der Waals surface area contributed by atoms with Gasteiger partial charge in [-0.2, -0.15) is 0 Å². The average Bonchev–Trinajstić information content (AvgIpc) is 2.94. The number of carbonyl (C=O) groups excluding carboxylic acids is 1. The topological polar surface area (TPSA) is 46.9 Å². The first-order valence-corrected chi connectivity index (χ1v) is 7.38. The molecule has 106 valence electrons. The third kappa shape index (κ3) is 3.93. The molecule has 2 atom stereocenters. The van der Waals surface area contributed by atoms with Crippen LogP contribution in [0.4, 0.5) is 0 Å². The third-order valence-corrected chi connectivity index (χ3v) is 3.72. The quantitative estimate of drug-likeness (QED) is 0.913. The minimum absolute atomic E-state index is 0.00705. The number of nitrogens with zero attached hydrogens (tertiary/aromatic N) is 2. The molecule has 1 aromatic heterocycles. The molecule has 2 rings (SSSR count). The lowest BCUT2D eigenvalue weighted by Gasteiger charge is -2.18. The van der Waals surface area contributed by atoms with Gasteiger partial charge in [-0.15, -0.1) is 0 Å².